The van der Waals surface area contributed by atoms with Gasteiger partial charge in [0.2, 0.25) is 0 Å². The van der Waals surface area contributed by atoms with E-state index in [-0.39, 0.29) is 0 Å². The third-order valence-electron chi connectivity index (χ3n) is 2.58. The molecule has 5 heteroatoms. The van der Waals surface area contributed by atoms with E-state index in [4.69, 9.17) is 23.2 Å². The largest absolute Gasteiger partial charge is 0.339 e. The van der Waals surface area contributed by atoms with E-state index in [1.165, 1.54) is 0 Å². The van der Waals surface area contributed by atoms with Crippen LogP contribution < -0.4 is 5.32 Å². The molecule has 0 aliphatic heterocycles. The van der Waals surface area contributed by atoms with Gasteiger partial charge < -0.3 is 5.32 Å². The number of hydrogen-bond acceptors (Lipinski definition) is 3. The maximum atomic E-state index is 6.17. The number of anilines is 2. The SMILES string of the molecule is Cc1ccc(Nc2nc(C)nc(Cl)c2C)c(Cl)c1. The summed E-state index contributed by atoms with van der Waals surface area (Å²) in [7, 11) is 0. The minimum Gasteiger partial charge on any atom is -0.339 e. The van der Waals surface area contributed by atoms with E-state index < -0.39 is 0 Å². The first-order valence-corrected chi connectivity index (χ1v) is 6.27. The van der Waals surface area contributed by atoms with Crippen molar-refractivity contribution in [2.75, 3.05) is 5.32 Å². The first-order valence-electron chi connectivity index (χ1n) is 5.51. The van der Waals surface area contributed by atoms with Gasteiger partial charge in [-0.25, -0.2) is 9.97 Å². The predicted octanol–water partition coefficient (Wildman–Crippen LogP) is 4.45. The molecule has 0 fully saturated rings. The Morgan fingerprint density at radius 3 is 2.44 bits per heavy atom. The minimum atomic E-state index is 0.452. The van der Waals surface area contributed by atoms with Crippen LogP contribution in [0.3, 0.4) is 0 Å². The van der Waals surface area contributed by atoms with Crippen molar-refractivity contribution in [2.24, 2.45) is 0 Å². The molecule has 0 amide bonds. The van der Waals surface area contributed by atoms with E-state index in [0.29, 0.717) is 21.8 Å². The molecule has 0 unspecified atom stereocenters. The molecule has 0 saturated heterocycles. The maximum absolute atomic E-state index is 6.17. The monoisotopic (exact) mass is 281 g/mol. The first-order chi connectivity index (χ1) is 8.47. The molecule has 0 radical (unpaired) electrons. The number of benzene rings is 1. The number of aryl methyl sites for hydroxylation is 2. The molecule has 3 nitrogen and oxygen atoms in total. The summed E-state index contributed by atoms with van der Waals surface area (Å²) in [6, 6.07) is 5.80. The van der Waals surface area contributed by atoms with Gasteiger partial charge in [-0.05, 0) is 38.5 Å². The van der Waals surface area contributed by atoms with Crippen molar-refractivity contribution in [3.8, 4) is 0 Å². The minimum absolute atomic E-state index is 0.452. The van der Waals surface area contributed by atoms with E-state index >= 15 is 0 Å². The Balaban J connectivity index is 2.40. The molecule has 0 aliphatic carbocycles. The molecule has 0 aliphatic rings. The van der Waals surface area contributed by atoms with Crippen molar-refractivity contribution in [3.05, 3.63) is 45.3 Å². The normalized spacial score (nSPS) is 10.5. The van der Waals surface area contributed by atoms with Crippen molar-refractivity contribution in [1.82, 2.24) is 9.97 Å². The van der Waals surface area contributed by atoms with E-state index in [2.05, 4.69) is 15.3 Å². The Labute approximate surface area is 116 Å². The van der Waals surface area contributed by atoms with Crippen LogP contribution in [0.5, 0.6) is 0 Å². The summed E-state index contributed by atoms with van der Waals surface area (Å²) in [5.41, 5.74) is 2.72. The van der Waals surface area contributed by atoms with Crippen molar-refractivity contribution in [3.63, 3.8) is 0 Å². The lowest BCUT2D eigenvalue weighted by Crippen LogP contribution is -2.01. The molecule has 18 heavy (non-hydrogen) atoms. The summed E-state index contributed by atoms with van der Waals surface area (Å²) in [5.74, 6) is 1.30. The van der Waals surface area contributed by atoms with Crippen LogP contribution in [0.15, 0.2) is 18.2 Å². The topological polar surface area (TPSA) is 37.8 Å². The van der Waals surface area contributed by atoms with Gasteiger partial charge in [0.15, 0.2) is 0 Å². The average molecular weight is 282 g/mol. The zero-order valence-electron chi connectivity index (χ0n) is 10.4. The van der Waals surface area contributed by atoms with Gasteiger partial charge in [0.1, 0.15) is 16.8 Å². The zero-order valence-corrected chi connectivity index (χ0v) is 11.9. The van der Waals surface area contributed by atoms with Gasteiger partial charge in [-0.3, -0.25) is 0 Å². The van der Waals surface area contributed by atoms with Crippen LogP contribution in [-0.4, -0.2) is 9.97 Å². The average Bonchev–Trinajstić information content (AvgIpc) is 2.29. The first kappa shape index (κ1) is 13.1. The Morgan fingerprint density at radius 1 is 1.06 bits per heavy atom. The molecule has 1 aromatic heterocycles. The van der Waals surface area contributed by atoms with Crippen molar-refractivity contribution < 1.29 is 0 Å². The molecule has 1 N–H and O–H groups in total. The molecule has 0 saturated carbocycles. The Kier molecular flexibility index (Phi) is 3.73. The number of aromatic nitrogens is 2. The second-order valence-corrected chi connectivity index (χ2v) is 4.91. The lowest BCUT2D eigenvalue weighted by Gasteiger charge is -2.11. The van der Waals surface area contributed by atoms with E-state index in [9.17, 15) is 0 Å². The smallest absolute Gasteiger partial charge is 0.138 e. The predicted molar refractivity (Wildman–Crippen MR) is 76.0 cm³/mol. The van der Waals surface area contributed by atoms with Crippen molar-refractivity contribution in [1.29, 1.82) is 0 Å². The Morgan fingerprint density at radius 2 is 1.78 bits per heavy atom. The molecule has 1 heterocycles. The highest BCUT2D eigenvalue weighted by molar-refractivity contribution is 6.33. The third kappa shape index (κ3) is 2.74. The van der Waals surface area contributed by atoms with E-state index in [1.807, 2.05) is 32.0 Å². The highest BCUT2D eigenvalue weighted by Gasteiger charge is 2.09. The number of rotatable bonds is 2. The lowest BCUT2D eigenvalue weighted by molar-refractivity contribution is 1.04. The Bertz CT molecular complexity index is 597. The van der Waals surface area contributed by atoms with Crippen LogP contribution in [0.25, 0.3) is 0 Å². The lowest BCUT2D eigenvalue weighted by atomic mass is 10.2. The van der Waals surface area contributed by atoms with Gasteiger partial charge in [-0.1, -0.05) is 29.3 Å². The van der Waals surface area contributed by atoms with Gasteiger partial charge in [-0.2, -0.15) is 0 Å². The van der Waals surface area contributed by atoms with Crippen LogP contribution in [-0.2, 0) is 0 Å². The van der Waals surface area contributed by atoms with Gasteiger partial charge >= 0.3 is 0 Å². The van der Waals surface area contributed by atoms with Gasteiger partial charge in [0.05, 0.1) is 10.7 Å². The molecular formula is C13H13Cl2N3. The highest BCUT2D eigenvalue weighted by Crippen LogP contribution is 2.28. The number of halogens is 2. The fraction of sp³-hybridized carbons (Fsp3) is 0.231. The fourth-order valence-corrected chi connectivity index (χ4v) is 2.06. The van der Waals surface area contributed by atoms with Crippen molar-refractivity contribution in [2.45, 2.75) is 20.8 Å². The van der Waals surface area contributed by atoms with E-state index in [0.717, 1.165) is 16.8 Å². The molecular weight excluding hydrogens is 269 g/mol. The van der Waals surface area contributed by atoms with Crippen LogP contribution >= 0.6 is 23.2 Å². The van der Waals surface area contributed by atoms with E-state index in [1.54, 1.807) is 6.92 Å². The summed E-state index contributed by atoms with van der Waals surface area (Å²) in [4.78, 5) is 8.42. The zero-order chi connectivity index (χ0) is 13.3. The van der Waals surface area contributed by atoms with Crippen molar-refractivity contribution >= 4 is 34.7 Å². The molecule has 0 spiro atoms. The summed E-state index contributed by atoms with van der Waals surface area (Å²) >= 11 is 12.2. The molecule has 2 aromatic rings. The van der Waals surface area contributed by atoms with Gasteiger partial charge in [-0.15, -0.1) is 0 Å². The summed E-state index contributed by atoms with van der Waals surface area (Å²) in [6.45, 7) is 5.66. The quantitative estimate of drug-likeness (QED) is 0.827. The molecule has 1 aromatic carbocycles. The van der Waals surface area contributed by atoms with Crippen LogP contribution in [0.2, 0.25) is 10.2 Å². The molecule has 0 atom stereocenters. The second kappa shape index (κ2) is 5.12. The Hall–Kier alpha value is -1.32. The second-order valence-electron chi connectivity index (χ2n) is 4.14. The molecule has 94 valence electrons. The fourth-order valence-electron chi connectivity index (χ4n) is 1.57. The van der Waals surface area contributed by atoms with Crippen LogP contribution in [0, 0.1) is 20.8 Å². The summed E-state index contributed by atoms with van der Waals surface area (Å²) in [5, 5.41) is 4.29. The molecule has 2 rings (SSSR count). The maximum Gasteiger partial charge on any atom is 0.138 e. The highest BCUT2D eigenvalue weighted by atomic mass is 35.5. The number of nitrogens with one attached hydrogen (secondary N) is 1. The van der Waals surface area contributed by atoms with Crippen LogP contribution in [0.4, 0.5) is 11.5 Å². The van der Waals surface area contributed by atoms with Gasteiger partial charge in [0, 0.05) is 5.56 Å². The number of nitrogens with zero attached hydrogens (tertiary/aromatic N) is 2. The summed E-state index contributed by atoms with van der Waals surface area (Å²) in [6.07, 6.45) is 0. The number of hydrogen-bond donors (Lipinski definition) is 1. The third-order valence-corrected chi connectivity index (χ3v) is 3.26. The molecule has 0 bridgehead atoms. The van der Waals surface area contributed by atoms with Gasteiger partial charge in [0.25, 0.3) is 0 Å². The summed E-state index contributed by atoms with van der Waals surface area (Å²) < 4.78 is 0. The standard InChI is InChI=1S/C13H13Cl2N3/c1-7-4-5-11(10(14)6-7)18-13-8(2)12(15)16-9(3)17-13/h4-6H,1-3H3,(H,16,17,18). The van der Waals surface area contributed by atoms with Crippen LogP contribution in [0.1, 0.15) is 17.0 Å².